The van der Waals surface area contributed by atoms with Gasteiger partial charge in [0.15, 0.2) is 0 Å². The van der Waals surface area contributed by atoms with Crippen LogP contribution >= 0.6 is 0 Å². The van der Waals surface area contributed by atoms with Crippen molar-refractivity contribution in [1.29, 1.82) is 0 Å². The Balaban J connectivity index is 2.02. The first kappa shape index (κ1) is 15.8. The van der Waals surface area contributed by atoms with Crippen LogP contribution in [0.25, 0.3) is 0 Å². The Bertz CT molecular complexity index is 341. The van der Waals surface area contributed by atoms with Gasteiger partial charge in [-0.25, -0.2) is 0 Å². The summed E-state index contributed by atoms with van der Waals surface area (Å²) in [4.78, 5) is 14.6. The van der Waals surface area contributed by atoms with E-state index in [0.717, 1.165) is 57.3 Å². The molecule has 4 nitrogen and oxygen atoms in total. The largest absolute Gasteiger partial charge is 0.368 e. The van der Waals surface area contributed by atoms with E-state index in [1.807, 2.05) is 0 Å². The maximum Gasteiger partial charge on any atom is 0.239 e. The van der Waals surface area contributed by atoms with Crippen molar-refractivity contribution in [1.82, 2.24) is 10.2 Å². The zero-order valence-electron chi connectivity index (χ0n) is 13.3. The van der Waals surface area contributed by atoms with Crippen molar-refractivity contribution < 1.29 is 4.79 Å². The molecule has 20 heavy (non-hydrogen) atoms. The van der Waals surface area contributed by atoms with Crippen molar-refractivity contribution in [3.05, 3.63) is 0 Å². The molecule has 0 bridgehead atoms. The van der Waals surface area contributed by atoms with Gasteiger partial charge in [-0.05, 0) is 56.5 Å². The molecule has 3 N–H and O–H groups in total. The molecule has 0 spiro atoms. The second-order valence-corrected chi connectivity index (χ2v) is 7.06. The number of hydrogen-bond donors (Lipinski definition) is 2. The molecular formula is C16H31N3O. The number of nitrogens with two attached hydrogens (primary N) is 1. The van der Waals surface area contributed by atoms with E-state index in [2.05, 4.69) is 31.0 Å². The lowest BCUT2D eigenvalue weighted by Gasteiger charge is -2.36. The number of carbonyl (C=O) groups is 1. The van der Waals surface area contributed by atoms with Crippen molar-refractivity contribution in [2.75, 3.05) is 26.2 Å². The summed E-state index contributed by atoms with van der Waals surface area (Å²) in [5.41, 5.74) is 5.31. The third-order valence-electron chi connectivity index (χ3n) is 5.13. The zero-order chi connectivity index (χ0) is 14.8. The maximum absolute atomic E-state index is 12.1. The minimum absolute atomic E-state index is 0.151. The summed E-state index contributed by atoms with van der Waals surface area (Å²) in [6.45, 7) is 10.6. The Morgan fingerprint density at radius 3 is 2.55 bits per heavy atom. The van der Waals surface area contributed by atoms with Gasteiger partial charge in [0.1, 0.15) is 5.54 Å². The van der Waals surface area contributed by atoms with Crippen molar-refractivity contribution in [3.63, 3.8) is 0 Å². The lowest BCUT2D eigenvalue weighted by atomic mass is 9.91. The van der Waals surface area contributed by atoms with Gasteiger partial charge in [-0.3, -0.25) is 4.79 Å². The second-order valence-electron chi connectivity index (χ2n) is 7.06. The number of primary amides is 1. The molecule has 1 amide bonds. The summed E-state index contributed by atoms with van der Waals surface area (Å²) in [5, 5.41) is 3.50. The quantitative estimate of drug-likeness (QED) is 0.710. The first-order valence-electron chi connectivity index (χ1n) is 8.27. The van der Waals surface area contributed by atoms with E-state index in [9.17, 15) is 4.79 Å². The first-order chi connectivity index (χ1) is 9.49. The number of likely N-dealkylation sites (tertiary alicyclic amines) is 1. The molecule has 1 saturated carbocycles. The molecule has 1 heterocycles. The fraction of sp³-hybridized carbons (Fsp3) is 0.938. The fourth-order valence-corrected chi connectivity index (χ4v) is 3.52. The van der Waals surface area contributed by atoms with Gasteiger partial charge in [0.05, 0.1) is 0 Å². The third kappa shape index (κ3) is 3.34. The van der Waals surface area contributed by atoms with Crippen LogP contribution in [0, 0.1) is 17.8 Å². The molecule has 0 aromatic heterocycles. The molecule has 4 heteroatoms. The average Bonchev–Trinajstić information content (AvgIpc) is 3.14. The van der Waals surface area contributed by atoms with E-state index < -0.39 is 5.54 Å². The second kappa shape index (κ2) is 6.44. The van der Waals surface area contributed by atoms with Gasteiger partial charge in [-0.15, -0.1) is 0 Å². The lowest BCUT2D eigenvalue weighted by Crippen LogP contribution is -2.63. The van der Waals surface area contributed by atoms with E-state index >= 15 is 0 Å². The van der Waals surface area contributed by atoms with Gasteiger partial charge in [-0.1, -0.05) is 20.8 Å². The topological polar surface area (TPSA) is 58.4 Å². The van der Waals surface area contributed by atoms with Crippen LogP contribution in [0.4, 0.5) is 0 Å². The fourth-order valence-electron chi connectivity index (χ4n) is 3.52. The van der Waals surface area contributed by atoms with E-state index in [1.165, 1.54) is 6.42 Å². The van der Waals surface area contributed by atoms with E-state index in [-0.39, 0.29) is 5.91 Å². The Labute approximate surface area is 123 Å². The molecule has 1 aliphatic carbocycles. The molecule has 1 saturated heterocycles. The normalized spacial score (nSPS) is 26.9. The van der Waals surface area contributed by atoms with Gasteiger partial charge in [0.2, 0.25) is 5.91 Å². The summed E-state index contributed by atoms with van der Waals surface area (Å²) in [7, 11) is 0. The minimum Gasteiger partial charge on any atom is -0.368 e. The highest BCUT2D eigenvalue weighted by Crippen LogP contribution is 2.41. The van der Waals surface area contributed by atoms with Crippen molar-refractivity contribution in [2.24, 2.45) is 23.5 Å². The Morgan fingerprint density at radius 2 is 2.10 bits per heavy atom. The number of nitrogens with one attached hydrogen (secondary N) is 1. The molecular weight excluding hydrogens is 250 g/mol. The summed E-state index contributed by atoms with van der Waals surface area (Å²) in [6, 6.07) is 0. The van der Waals surface area contributed by atoms with Crippen LogP contribution in [0.2, 0.25) is 0 Å². The van der Waals surface area contributed by atoms with E-state index in [1.54, 1.807) is 0 Å². The van der Waals surface area contributed by atoms with Gasteiger partial charge in [-0.2, -0.15) is 0 Å². The Morgan fingerprint density at radius 1 is 1.40 bits per heavy atom. The van der Waals surface area contributed by atoms with E-state index in [4.69, 9.17) is 5.73 Å². The highest BCUT2D eigenvalue weighted by atomic mass is 16.1. The number of amides is 1. The van der Waals surface area contributed by atoms with Crippen molar-refractivity contribution in [2.45, 2.75) is 52.0 Å². The van der Waals surface area contributed by atoms with Gasteiger partial charge in [0, 0.05) is 13.1 Å². The highest BCUT2D eigenvalue weighted by Gasteiger charge is 2.50. The Hall–Kier alpha value is -0.610. The van der Waals surface area contributed by atoms with Crippen LogP contribution in [0.1, 0.15) is 46.5 Å². The van der Waals surface area contributed by atoms with Crippen LogP contribution < -0.4 is 11.1 Å². The average molecular weight is 281 g/mol. The highest BCUT2D eigenvalue weighted by molar-refractivity contribution is 5.86. The molecule has 2 fully saturated rings. The predicted octanol–water partition coefficient (Wildman–Crippen LogP) is 1.60. The van der Waals surface area contributed by atoms with Crippen LogP contribution in [-0.4, -0.2) is 42.5 Å². The maximum atomic E-state index is 12.1. The number of rotatable bonds is 8. The SMILES string of the molecule is CCCNC(CN1CCC(C(C)C)C1)(C(N)=O)C1CC1. The zero-order valence-corrected chi connectivity index (χ0v) is 13.3. The number of nitrogens with zero attached hydrogens (tertiary/aromatic N) is 1. The molecule has 2 aliphatic rings. The van der Waals surface area contributed by atoms with Crippen LogP contribution in [0.15, 0.2) is 0 Å². The van der Waals surface area contributed by atoms with Gasteiger partial charge < -0.3 is 16.0 Å². The standard InChI is InChI=1S/C16H31N3O/c1-4-8-18-16(15(17)20,14-5-6-14)11-19-9-7-13(10-19)12(2)3/h12-14,18H,4-11H2,1-3H3,(H2,17,20). The lowest BCUT2D eigenvalue weighted by molar-refractivity contribution is -0.126. The molecule has 2 unspecified atom stereocenters. The molecule has 1 aliphatic heterocycles. The molecule has 0 radical (unpaired) electrons. The summed E-state index contributed by atoms with van der Waals surface area (Å²) in [6.07, 6.45) is 4.57. The van der Waals surface area contributed by atoms with Gasteiger partial charge in [0.25, 0.3) is 0 Å². The molecule has 0 aromatic carbocycles. The van der Waals surface area contributed by atoms with Crippen molar-refractivity contribution >= 4 is 5.91 Å². The summed E-state index contributed by atoms with van der Waals surface area (Å²) in [5.74, 6) is 1.80. The summed E-state index contributed by atoms with van der Waals surface area (Å²) >= 11 is 0. The minimum atomic E-state index is -0.484. The van der Waals surface area contributed by atoms with Crippen LogP contribution in [0.5, 0.6) is 0 Å². The van der Waals surface area contributed by atoms with Crippen LogP contribution in [0.3, 0.4) is 0 Å². The van der Waals surface area contributed by atoms with Gasteiger partial charge >= 0.3 is 0 Å². The number of hydrogen-bond acceptors (Lipinski definition) is 3. The van der Waals surface area contributed by atoms with E-state index in [0.29, 0.717) is 5.92 Å². The van der Waals surface area contributed by atoms with Crippen molar-refractivity contribution in [3.8, 4) is 0 Å². The molecule has 2 atom stereocenters. The molecule has 116 valence electrons. The Kier molecular flexibility index (Phi) is 5.08. The molecule has 2 rings (SSSR count). The predicted molar refractivity (Wildman–Crippen MR) is 82.3 cm³/mol. The summed E-state index contributed by atoms with van der Waals surface area (Å²) < 4.78 is 0. The van der Waals surface area contributed by atoms with Crippen LogP contribution in [-0.2, 0) is 4.79 Å². The molecule has 0 aromatic rings. The number of carbonyl (C=O) groups excluding carboxylic acids is 1. The smallest absolute Gasteiger partial charge is 0.239 e. The first-order valence-corrected chi connectivity index (χ1v) is 8.27. The monoisotopic (exact) mass is 281 g/mol. The third-order valence-corrected chi connectivity index (χ3v) is 5.13.